The van der Waals surface area contributed by atoms with Gasteiger partial charge in [-0.3, -0.25) is 4.79 Å². The van der Waals surface area contributed by atoms with E-state index in [0.29, 0.717) is 0 Å². The van der Waals surface area contributed by atoms with E-state index in [9.17, 15) is 9.18 Å². The van der Waals surface area contributed by atoms with Gasteiger partial charge in [0, 0.05) is 6.92 Å². The number of anilines is 1. The van der Waals surface area contributed by atoms with Crippen LogP contribution in [-0.2, 0) is 4.79 Å². The van der Waals surface area contributed by atoms with Gasteiger partial charge in [0.1, 0.15) is 0 Å². The minimum Gasteiger partial charge on any atom is -0.396 e. The molecular weight excluding hydrogens is 195 g/mol. The average Bonchev–Trinajstić information content (AvgIpc) is 2.18. The summed E-state index contributed by atoms with van der Waals surface area (Å²) in [6.07, 6.45) is 0. The fourth-order valence-corrected chi connectivity index (χ4v) is 0.954. The van der Waals surface area contributed by atoms with Crippen molar-refractivity contribution in [1.29, 1.82) is 0 Å². The number of amides is 1. The fraction of sp³-hybridized carbons (Fsp3) is 0.182. The summed E-state index contributed by atoms with van der Waals surface area (Å²) in [5.41, 5.74) is 5.67. The number of rotatable bonds is 1. The molecule has 0 aromatic heterocycles. The van der Waals surface area contributed by atoms with Crippen molar-refractivity contribution in [1.82, 2.24) is 5.32 Å². The predicted octanol–water partition coefficient (Wildman–Crippen LogP) is 0.896. The van der Waals surface area contributed by atoms with Crippen LogP contribution in [0, 0.1) is 17.7 Å². The molecule has 0 heterocycles. The summed E-state index contributed by atoms with van der Waals surface area (Å²) in [5, 5.41) is 2.48. The molecule has 0 aliphatic carbocycles. The molecule has 3 N–H and O–H groups in total. The van der Waals surface area contributed by atoms with E-state index in [1.165, 1.54) is 19.1 Å². The summed E-state index contributed by atoms with van der Waals surface area (Å²) in [5.74, 6) is 4.52. The highest BCUT2D eigenvalue weighted by molar-refractivity contribution is 5.73. The summed E-state index contributed by atoms with van der Waals surface area (Å²) in [6.45, 7) is 1.59. The van der Waals surface area contributed by atoms with Crippen LogP contribution in [-0.4, -0.2) is 12.5 Å². The van der Waals surface area contributed by atoms with Gasteiger partial charge in [-0.2, -0.15) is 0 Å². The Morgan fingerprint density at radius 1 is 1.60 bits per heavy atom. The second kappa shape index (κ2) is 5.01. The molecule has 1 amide bonds. The Bertz CT molecular complexity index is 432. The smallest absolute Gasteiger partial charge is 0.217 e. The predicted molar refractivity (Wildman–Crippen MR) is 56.4 cm³/mol. The standard InChI is InChI=1S/C11H11FN2O/c1-8(15)14-7-3-5-9-4-2-6-10(13)11(9)12/h2,4,6H,7,13H2,1H3,(H,14,15). The lowest BCUT2D eigenvalue weighted by molar-refractivity contribution is -0.118. The second-order valence-electron chi connectivity index (χ2n) is 2.92. The molecule has 0 atom stereocenters. The van der Waals surface area contributed by atoms with Crippen molar-refractivity contribution in [3.63, 3.8) is 0 Å². The number of carbonyl (C=O) groups is 1. The third-order valence-electron chi connectivity index (χ3n) is 1.68. The first-order valence-electron chi connectivity index (χ1n) is 4.38. The summed E-state index contributed by atoms with van der Waals surface area (Å²) in [4.78, 5) is 10.5. The van der Waals surface area contributed by atoms with Crippen LogP contribution in [0.4, 0.5) is 10.1 Å². The topological polar surface area (TPSA) is 55.1 Å². The van der Waals surface area contributed by atoms with E-state index in [1.807, 2.05) is 0 Å². The van der Waals surface area contributed by atoms with E-state index < -0.39 is 5.82 Å². The molecule has 0 saturated heterocycles. The number of nitrogen functional groups attached to an aromatic ring is 1. The Kier molecular flexibility index (Phi) is 3.69. The van der Waals surface area contributed by atoms with E-state index >= 15 is 0 Å². The van der Waals surface area contributed by atoms with Crippen molar-refractivity contribution in [2.75, 3.05) is 12.3 Å². The van der Waals surface area contributed by atoms with Crippen molar-refractivity contribution in [3.05, 3.63) is 29.6 Å². The van der Waals surface area contributed by atoms with Crippen molar-refractivity contribution >= 4 is 11.6 Å². The van der Waals surface area contributed by atoms with Gasteiger partial charge in [-0.05, 0) is 12.1 Å². The summed E-state index contributed by atoms with van der Waals surface area (Å²) < 4.78 is 13.3. The molecule has 3 nitrogen and oxygen atoms in total. The Morgan fingerprint density at radius 2 is 2.33 bits per heavy atom. The zero-order valence-electron chi connectivity index (χ0n) is 8.30. The Hall–Kier alpha value is -2.02. The van der Waals surface area contributed by atoms with Crippen LogP contribution in [0.3, 0.4) is 0 Å². The number of halogens is 1. The second-order valence-corrected chi connectivity index (χ2v) is 2.92. The van der Waals surface area contributed by atoms with Crippen molar-refractivity contribution in [2.45, 2.75) is 6.92 Å². The summed E-state index contributed by atoms with van der Waals surface area (Å²) in [6, 6.07) is 4.63. The summed E-state index contributed by atoms with van der Waals surface area (Å²) in [7, 11) is 0. The number of carbonyl (C=O) groups excluding carboxylic acids is 1. The molecule has 1 aromatic rings. The van der Waals surface area contributed by atoms with Crippen LogP contribution in [0.1, 0.15) is 12.5 Å². The van der Waals surface area contributed by atoms with E-state index in [0.717, 1.165) is 0 Å². The van der Waals surface area contributed by atoms with Gasteiger partial charge < -0.3 is 11.1 Å². The highest BCUT2D eigenvalue weighted by Crippen LogP contribution is 2.12. The van der Waals surface area contributed by atoms with Crippen LogP contribution in [0.15, 0.2) is 18.2 Å². The lowest BCUT2D eigenvalue weighted by atomic mass is 10.2. The van der Waals surface area contributed by atoms with Crippen LogP contribution in [0.2, 0.25) is 0 Å². The molecule has 0 saturated carbocycles. The maximum atomic E-state index is 13.3. The van der Waals surface area contributed by atoms with Gasteiger partial charge in [-0.25, -0.2) is 4.39 Å². The van der Waals surface area contributed by atoms with E-state index in [1.54, 1.807) is 6.07 Å². The monoisotopic (exact) mass is 206 g/mol. The minimum absolute atomic E-state index is 0.0707. The molecule has 0 unspecified atom stereocenters. The number of hydrogen-bond donors (Lipinski definition) is 2. The molecule has 15 heavy (non-hydrogen) atoms. The third-order valence-corrected chi connectivity index (χ3v) is 1.68. The van der Waals surface area contributed by atoms with Gasteiger partial charge in [0.05, 0.1) is 17.8 Å². The van der Waals surface area contributed by atoms with Gasteiger partial charge in [0.15, 0.2) is 5.82 Å². The molecular formula is C11H11FN2O. The van der Waals surface area contributed by atoms with E-state index in [-0.39, 0.29) is 23.7 Å². The molecule has 0 spiro atoms. The highest BCUT2D eigenvalue weighted by Gasteiger charge is 2.01. The zero-order chi connectivity index (χ0) is 11.3. The average molecular weight is 206 g/mol. The van der Waals surface area contributed by atoms with Gasteiger partial charge in [-0.1, -0.05) is 17.9 Å². The van der Waals surface area contributed by atoms with E-state index in [4.69, 9.17) is 5.73 Å². The number of hydrogen-bond acceptors (Lipinski definition) is 2. The largest absolute Gasteiger partial charge is 0.396 e. The van der Waals surface area contributed by atoms with Gasteiger partial charge >= 0.3 is 0 Å². The first-order valence-corrected chi connectivity index (χ1v) is 4.38. The van der Waals surface area contributed by atoms with Crippen molar-refractivity contribution in [2.24, 2.45) is 0 Å². The van der Waals surface area contributed by atoms with Crippen LogP contribution in [0.25, 0.3) is 0 Å². The lowest BCUT2D eigenvalue weighted by Crippen LogP contribution is -2.19. The van der Waals surface area contributed by atoms with E-state index in [2.05, 4.69) is 17.2 Å². The maximum Gasteiger partial charge on any atom is 0.217 e. The highest BCUT2D eigenvalue weighted by atomic mass is 19.1. The Balaban J connectivity index is 2.72. The van der Waals surface area contributed by atoms with Crippen molar-refractivity contribution in [3.8, 4) is 11.8 Å². The van der Waals surface area contributed by atoms with Crippen LogP contribution < -0.4 is 11.1 Å². The number of benzene rings is 1. The van der Waals surface area contributed by atoms with Crippen LogP contribution in [0.5, 0.6) is 0 Å². The first-order chi connectivity index (χ1) is 7.11. The molecule has 0 aliphatic rings. The molecule has 0 radical (unpaired) electrons. The molecule has 1 rings (SSSR count). The molecule has 0 fully saturated rings. The third kappa shape index (κ3) is 3.31. The number of nitrogens with two attached hydrogens (primary N) is 1. The Morgan fingerprint density at radius 3 is 3.00 bits per heavy atom. The zero-order valence-corrected chi connectivity index (χ0v) is 8.30. The molecule has 4 heteroatoms. The van der Waals surface area contributed by atoms with Gasteiger partial charge in [0.2, 0.25) is 5.91 Å². The maximum absolute atomic E-state index is 13.3. The molecule has 0 aliphatic heterocycles. The van der Waals surface area contributed by atoms with Crippen LogP contribution >= 0.6 is 0 Å². The van der Waals surface area contributed by atoms with Gasteiger partial charge in [-0.15, -0.1) is 0 Å². The first kappa shape index (κ1) is 11.1. The van der Waals surface area contributed by atoms with Crippen molar-refractivity contribution < 1.29 is 9.18 Å². The molecule has 78 valence electrons. The summed E-state index contributed by atoms with van der Waals surface area (Å²) >= 11 is 0. The normalized spacial score (nSPS) is 8.93. The quantitative estimate of drug-likeness (QED) is 0.529. The van der Waals surface area contributed by atoms with Gasteiger partial charge in [0.25, 0.3) is 0 Å². The minimum atomic E-state index is -0.521. The SMILES string of the molecule is CC(=O)NCC#Cc1cccc(N)c1F. The lowest BCUT2D eigenvalue weighted by Gasteiger charge is -1.97. The Labute approximate surface area is 87.5 Å². The fourth-order valence-electron chi connectivity index (χ4n) is 0.954. The molecule has 0 bridgehead atoms. The number of nitrogens with one attached hydrogen (secondary N) is 1. The molecule has 1 aromatic carbocycles.